The number of rotatable bonds is 5. The first kappa shape index (κ1) is 12.8. The molecule has 0 aromatic heterocycles. The molecular formula is C11H25NSi. The van der Waals surface area contributed by atoms with Gasteiger partial charge in [0.25, 0.3) is 0 Å². The molecule has 0 amide bonds. The maximum absolute atomic E-state index is 2.48. The predicted molar refractivity (Wildman–Crippen MR) is 64.8 cm³/mol. The highest BCUT2D eigenvalue weighted by Gasteiger charge is 2.17. The molecule has 1 nitrogen and oxygen atoms in total. The van der Waals surface area contributed by atoms with Crippen LogP contribution < -0.4 is 0 Å². The second-order valence-corrected chi connectivity index (χ2v) is 10.1. The molecule has 0 fully saturated rings. The molecule has 2 heteroatoms. The van der Waals surface area contributed by atoms with Crippen LogP contribution in [0.2, 0.25) is 25.2 Å². The standard InChI is InChI=1S/C11H25NSi/c1-7-9-13(5,6)10-8-11(2)12(3)4/h8H,7,9-10H2,1-6H3/b11-8-. The summed E-state index contributed by atoms with van der Waals surface area (Å²) in [5.41, 5.74) is 1.40. The van der Waals surface area contributed by atoms with Crippen molar-refractivity contribution in [3.05, 3.63) is 11.8 Å². The van der Waals surface area contributed by atoms with Crippen LogP contribution in [-0.4, -0.2) is 27.1 Å². The second kappa shape index (κ2) is 5.48. The third-order valence-electron chi connectivity index (χ3n) is 2.58. The molecule has 0 N–H and O–H groups in total. The minimum absolute atomic E-state index is 0.915. The minimum Gasteiger partial charge on any atom is -0.381 e. The van der Waals surface area contributed by atoms with Crippen molar-refractivity contribution in [3.8, 4) is 0 Å². The molecule has 0 aliphatic rings. The molecule has 0 unspecified atom stereocenters. The summed E-state index contributed by atoms with van der Waals surface area (Å²) in [5.74, 6) is 0. The Morgan fingerprint density at radius 2 is 1.85 bits per heavy atom. The van der Waals surface area contributed by atoms with Gasteiger partial charge in [0.2, 0.25) is 0 Å². The van der Waals surface area contributed by atoms with Crippen LogP contribution in [0.4, 0.5) is 0 Å². The van der Waals surface area contributed by atoms with E-state index in [1.54, 1.807) is 0 Å². The van der Waals surface area contributed by atoms with E-state index >= 15 is 0 Å². The van der Waals surface area contributed by atoms with Crippen LogP contribution in [0.3, 0.4) is 0 Å². The lowest BCUT2D eigenvalue weighted by Gasteiger charge is -2.21. The van der Waals surface area contributed by atoms with Gasteiger partial charge in [-0.3, -0.25) is 0 Å². The molecule has 0 rings (SSSR count). The van der Waals surface area contributed by atoms with Gasteiger partial charge in [0.1, 0.15) is 0 Å². The fourth-order valence-corrected chi connectivity index (χ4v) is 3.79. The van der Waals surface area contributed by atoms with Crippen molar-refractivity contribution < 1.29 is 0 Å². The van der Waals surface area contributed by atoms with Crippen molar-refractivity contribution in [2.45, 2.75) is 45.5 Å². The lowest BCUT2D eigenvalue weighted by molar-refractivity contribution is 0.512. The van der Waals surface area contributed by atoms with Gasteiger partial charge in [0.05, 0.1) is 8.07 Å². The maximum Gasteiger partial charge on any atom is 0.0511 e. The Hall–Kier alpha value is -0.243. The average Bonchev–Trinajstić information content (AvgIpc) is 2.00. The molecule has 0 atom stereocenters. The highest BCUT2D eigenvalue weighted by molar-refractivity contribution is 6.77. The van der Waals surface area contributed by atoms with E-state index in [1.165, 1.54) is 24.2 Å². The molecule has 0 heterocycles. The van der Waals surface area contributed by atoms with Gasteiger partial charge in [0.15, 0.2) is 0 Å². The van der Waals surface area contributed by atoms with Crippen LogP contribution in [0, 0.1) is 0 Å². The Morgan fingerprint density at radius 3 is 2.23 bits per heavy atom. The zero-order valence-electron chi connectivity index (χ0n) is 10.1. The molecule has 0 bridgehead atoms. The van der Waals surface area contributed by atoms with Crippen molar-refractivity contribution in [2.24, 2.45) is 0 Å². The van der Waals surface area contributed by atoms with Gasteiger partial charge in [-0.2, -0.15) is 0 Å². The molecule has 78 valence electrons. The molecule has 0 aliphatic carbocycles. The van der Waals surface area contributed by atoms with Crippen molar-refractivity contribution in [1.29, 1.82) is 0 Å². The highest BCUT2D eigenvalue weighted by Crippen LogP contribution is 2.18. The summed E-state index contributed by atoms with van der Waals surface area (Å²) < 4.78 is 0. The number of nitrogens with zero attached hydrogens (tertiary/aromatic N) is 1. The van der Waals surface area contributed by atoms with Gasteiger partial charge in [-0.1, -0.05) is 38.6 Å². The first-order chi connectivity index (χ1) is 5.89. The quantitative estimate of drug-likeness (QED) is 0.612. The number of allylic oxidation sites excluding steroid dienone is 2. The lowest BCUT2D eigenvalue weighted by Crippen LogP contribution is -2.24. The summed E-state index contributed by atoms with van der Waals surface area (Å²) in [5, 5.41) is 0. The van der Waals surface area contributed by atoms with Gasteiger partial charge in [-0.25, -0.2) is 0 Å². The van der Waals surface area contributed by atoms with Gasteiger partial charge in [-0.05, 0) is 13.0 Å². The Morgan fingerprint density at radius 1 is 1.31 bits per heavy atom. The van der Waals surface area contributed by atoms with Crippen LogP contribution in [0.5, 0.6) is 0 Å². The van der Waals surface area contributed by atoms with Crippen LogP contribution in [0.25, 0.3) is 0 Å². The summed E-state index contributed by atoms with van der Waals surface area (Å²) in [4.78, 5) is 2.19. The summed E-state index contributed by atoms with van der Waals surface area (Å²) in [7, 11) is 3.31. The number of hydrogen-bond acceptors (Lipinski definition) is 1. The van der Waals surface area contributed by atoms with Crippen molar-refractivity contribution >= 4 is 8.07 Å². The van der Waals surface area contributed by atoms with Crippen molar-refractivity contribution in [3.63, 3.8) is 0 Å². The Bertz CT molecular complexity index is 171. The van der Waals surface area contributed by atoms with Crippen molar-refractivity contribution in [1.82, 2.24) is 4.90 Å². The fourth-order valence-electron chi connectivity index (χ4n) is 1.39. The Labute approximate surface area is 84.8 Å². The third kappa shape index (κ3) is 5.91. The molecule has 0 spiro atoms. The molecular weight excluding hydrogens is 174 g/mol. The zero-order valence-corrected chi connectivity index (χ0v) is 11.1. The van der Waals surface area contributed by atoms with E-state index < -0.39 is 8.07 Å². The van der Waals surface area contributed by atoms with E-state index in [4.69, 9.17) is 0 Å². The van der Waals surface area contributed by atoms with E-state index in [1.807, 2.05) is 0 Å². The lowest BCUT2D eigenvalue weighted by atomic mass is 10.4. The summed E-state index contributed by atoms with van der Waals surface area (Å²) >= 11 is 0. The molecule has 0 aromatic rings. The molecule has 0 saturated carbocycles. The van der Waals surface area contributed by atoms with Gasteiger partial charge < -0.3 is 4.90 Å². The summed E-state index contributed by atoms with van der Waals surface area (Å²) in [6.45, 7) is 9.44. The van der Waals surface area contributed by atoms with E-state index in [2.05, 4.69) is 52.0 Å². The van der Waals surface area contributed by atoms with E-state index in [0.717, 1.165) is 0 Å². The fraction of sp³-hybridized carbons (Fsp3) is 0.818. The van der Waals surface area contributed by atoms with Crippen LogP contribution in [0.1, 0.15) is 20.3 Å². The predicted octanol–water partition coefficient (Wildman–Crippen LogP) is 3.57. The second-order valence-electron chi connectivity index (χ2n) is 4.86. The minimum atomic E-state index is -0.915. The Balaban J connectivity index is 4.05. The first-order valence-corrected chi connectivity index (χ1v) is 8.64. The number of hydrogen-bond donors (Lipinski definition) is 0. The maximum atomic E-state index is 2.48. The topological polar surface area (TPSA) is 3.24 Å². The molecule has 0 aromatic carbocycles. The molecule has 0 aliphatic heterocycles. The highest BCUT2D eigenvalue weighted by atomic mass is 28.3. The largest absolute Gasteiger partial charge is 0.381 e. The monoisotopic (exact) mass is 199 g/mol. The van der Waals surface area contributed by atoms with Gasteiger partial charge in [-0.15, -0.1) is 0 Å². The van der Waals surface area contributed by atoms with E-state index in [-0.39, 0.29) is 0 Å². The van der Waals surface area contributed by atoms with Gasteiger partial charge in [0, 0.05) is 19.8 Å². The SMILES string of the molecule is CCC[Si](C)(C)C/C=C(/C)N(C)C. The van der Waals surface area contributed by atoms with E-state index in [0.29, 0.717) is 0 Å². The molecule has 0 radical (unpaired) electrons. The van der Waals surface area contributed by atoms with Crippen LogP contribution >= 0.6 is 0 Å². The van der Waals surface area contributed by atoms with Crippen LogP contribution in [0.15, 0.2) is 11.8 Å². The zero-order chi connectivity index (χ0) is 10.5. The van der Waals surface area contributed by atoms with Gasteiger partial charge >= 0.3 is 0 Å². The van der Waals surface area contributed by atoms with Crippen molar-refractivity contribution in [2.75, 3.05) is 14.1 Å². The Kier molecular flexibility index (Phi) is 5.38. The molecule has 0 saturated heterocycles. The average molecular weight is 199 g/mol. The summed E-state index contributed by atoms with van der Waals surface area (Å²) in [6, 6.07) is 2.77. The molecule has 13 heavy (non-hydrogen) atoms. The first-order valence-electron chi connectivity index (χ1n) is 5.23. The van der Waals surface area contributed by atoms with E-state index in [9.17, 15) is 0 Å². The summed E-state index contributed by atoms with van der Waals surface area (Å²) in [6.07, 6.45) is 3.75. The smallest absolute Gasteiger partial charge is 0.0511 e. The normalized spacial score (nSPS) is 13.2. The third-order valence-corrected chi connectivity index (χ3v) is 5.75. The van der Waals surface area contributed by atoms with Crippen LogP contribution in [-0.2, 0) is 0 Å².